The lowest BCUT2D eigenvalue weighted by Gasteiger charge is -2.20. The fourth-order valence-corrected chi connectivity index (χ4v) is 2.71. The molecule has 0 heterocycles. The fourth-order valence-electron chi connectivity index (χ4n) is 2.71. The average Bonchev–Trinajstić information content (AvgIpc) is 2.78. The number of carboxylic acids is 1. The van der Waals surface area contributed by atoms with E-state index in [1.54, 1.807) is 0 Å². The van der Waals surface area contributed by atoms with Crippen LogP contribution < -0.4 is 5.32 Å². The minimum absolute atomic E-state index is 0.217. The van der Waals surface area contributed by atoms with Gasteiger partial charge in [-0.3, -0.25) is 9.59 Å². The van der Waals surface area contributed by atoms with Crippen LogP contribution >= 0.6 is 0 Å². The lowest BCUT2D eigenvalue weighted by molar-refractivity contribution is -0.148. The monoisotopic (exact) mass is 287 g/mol. The van der Waals surface area contributed by atoms with Crippen molar-refractivity contribution in [2.24, 2.45) is 17.8 Å². The van der Waals surface area contributed by atoms with Crippen LogP contribution in [0.1, 0.15) is 33.6 Å². The van der Waals surface area contributed by atoms with Crippen LogP contribution in [0.25, 0.3) is 0 Å². The van der Waals surface area contributed by atoms with Gasteiger partial charge in [0.2, 0.25) is 5.91 Å². The van der Waals surface area contributed by atoms with E-state index in [4.69, 9.17) is 14.6 Å². The van der Waals surface area contributed by atoms with Gasteiger partial charge in [0.15, 0.2) is 6.29 Å². The molecule has 1 aliphatic rings. The van der Waals surface area contributed by atoms with Crippen molar-refractivity contribution in [1.29, 1.82) is 0 Å². The van der Waals surface area contributed by atoms with E-state index in [0.717, 1.165) is 0 Å². The summed E-state index contributed by atoms with van der Waals surface area (Å²) in [5, 5.41) is 11.9. The highest BCUT2D eigenvalue weighted by Gasteiger charge is 2.41. The summed E-state index contributed by atoms with van der Waals surface area (Å²) in [5.41, 5.74) is 0. The molecule has 0 aromatic rings. The summed E-state index contributed by atoms with van der Waals surface area (Å²) >= 11 is 0. The Labute approximate surface area is 119 Å². The molecule has 1 amide bonds. The third-order valence-corrected chi connectivity index (χ3v) is 3.60. The zero-order valence-corrected chi connectivity index (χ0v) is 12.4. The van der Waals surface area contributed by atoms with Crippen molar-refractivity contribution in [3.05, 3.63) is 0 Å². The Hall–Kier alpha value is -1.14. The summed E-state index contributed by atoms with van der Waals surface area (Å²) < 4.78 is 10.7. The number of nitrogens with one attached hydrogen (secondary N) is 1. The molecule has 0 spiro atoms. The van der Waals surface area contributed by atoms with Crippen molar-refractivity contribution in [2.45, 2.75) is 39.9 Å². The molecular weight excluding hydrogens is 262 g/mol. The second kappa shape index (κ2) is 8.21. The third-order valence-electron chi connectivity index (χ3n) is 3.60. The van der Waals surface area contributed by atoms with Crippen molar-refractivity contribution in [3.8, 4) is 0 Å². The van der Waals surface area contributed by atoms with E-state index in [2.05, 4.69) is 5.32 Å². The molecule has 0 bridgehead atoms. The lowest BCUT2D eigenvalue weighted by Crippen LogP contribution is -2.40. The SMILES string of the molecule is CCOC(CNC(=O)[C@H]1CC(C)C[C@H]1C(=O)O)OCC. The molecule has 0 aromatic heterocycles. The van der Waals surface area contributed by atoms with Gasteiger partial charge < -0.3 is 19.9 Å². The van der Waals surface area contributed by atoms with Gasteiger partial charge in [0.1, 0.15) is 0 Å². The van der Waals surface area contributed by atoms with Crippen molar-refractivity contribution >= 4 is 11.9 Å². The second-order valence-electron chi connectivity index (χ2n) is 5.21. The van der Waals surface area contributed by atoms with E-state index in [9.17, 15) is 9.59 Å². The summed E-state index contributed by atoms with van der Waals surface area (Å²) in [6.45, 7) is 6.93. The first-order valence-electron chi connectivity index (χ1n) is 7.23. The van der Waals surface area contributed by atoms with Crippen molar-refractivity contribution in [1.82, 2.24) is 5.32 Å². The first kappa shape index (κ1) is 16.9. The zero-order chi connectivity index (χ0) is 15.1. The molecule has 2 N–H and O–H groups in total. The summed E-state index contributed by atoms with van der Waals surface area (Å²) in [7, 11) is 0. The highest BCUT2D eigenvalue weighted by atomic mass is 16.7. The molecule has 116 valence electrons. The summed E-state index contributed by atoms with van der Waals surface area (Å²) in [5.74, 6) is -1.87. The van der Waals surface area contributed by atoms with Crippen LogP contribution in [0.15, 0.2) is 0 Å². The average molecular weight is 287 g/mol. The maximum Gasteiger partial charge on any atom is 0.307 e. The molecule has 6 heteroatoms. The predicted molar refractivity (Wildman–Crippen MR) is 73.1 cm³/mol. The fraction of sp³-hybridized carbons (Fsp3) is 0.857. The van der Waals surface area contributed by atoms with E-state index in [-0.39, 0.29) is 18.4 Å². The lowest BCUT2D eigenvalue weighted by atomic mass is 9.95. The van der Waals surface area contributed by atoms with Crippen molar-refractivity contribution in [3.63, 3.8) is 0 Å². The number of rotatable bonds is 8. The van der Waals surface area contributed by atoms with Gasteiger partial charge in [-0.25, -0.2) is 0 Å². The van der Waals surface area contributed by atoms with Gasteiger partial charge in [-0.05, 0) is 32.6 Å². The number of ether oxygens (including phenoxy) is 2. The molecule has 1 rings (SSSR count). The van der Waals surface area contributed by atoms with Gasteiger partial charge in [-0.15, -0.1) is 0 Å². The van der Waals surface area contributed by atoms with Crippen molar-refractivity contribution < 1.29 is 24.2 Å². The van der Waals surface area contributed by atoms with E-state index >= 15 is 0 Å². The quantitative estimate of drug-likeness (QED) is 0.656. The first-order valence-corrected chi connectivity index (χ1v) is 7.23. The number of aliphatic carboxylic acids is 1. The van der Waals surface area contributed by atoms with Gasteiger partial charge in [-0.2, -0.15) is 0 Å². The largest absolute Gasteiger partial charge is 0.481 e. The maximum absolute atomic E-state index is 12.1. The number of carboxylic acid groups (broad SMARTS) is 1. The molecule has 6 nitrogen and oxygen atoms in total. The molecule has 20 heavy (non-hydrogen) atoms. The molecule has 1 unspecified atom stereocenters. The highest BCUT2D eigenvalue weighted by Crippen LogP contribution is 2.36. The van der Waals surface area contributed by atoms with Gasteiger partial charge in [0, 0.05) is 13.2 Å². The number of amides is 1. The summed E-state index contributed by atoms with van der Waals surface area (Å²) in [4.78, 5) is 23.3. The molecule has 0 aliphatic heterocycles. The van der Waals surface area contributed by atoms with Crippen LogP contribution in [0.4, 0.5) is 0 Å². The van der Waals surface area contributed by atoms with E-state index in [0.29, 0.717) is 26.1 Å². The Bertz CT molecular complexity index is 328. The van der Waals surface area contributed by atoms with Gasteiger partial charge >= 0.3 is 5.97 Å². The van der Waals surface area contributed by atoms with E-state index in [1.165, 1.54) is 0 Å². The molecule has 0 saturated heterocycles. The summed E-state index contributed by atoms with van der Waals surface area (Å²) in [6, 6.07) is 0. The minimum atomic E-state index is -0.888. The maximum atomic E-state index is 12.1. The Morgan fingerprint density at radius 2 is 1.75 bits per heavy atom. The molecule has 0 aromatic carbocycles. The molecule has 1 fully saturated rings. The van der Waals surface area contributed by atoms with Gasteiger partial charge in [0.05, 0.1) is 18.4 Å². The van der Waals surface area contributed by atoms with Crippen LogP contribution in [0.3, 0.4) is 0 Å². The Morgan fingerprint density at radius 1 is 1.20 bits per heavy atom. The smallest absolute Gasteiger partial charge is 0.307 e. The molecule has 0 radical (unpaired) electrons. The molecule has 3 atom stereocenters. The van der Waals surface area contributed by atoms with E-state index < -0.39 is 24.1 Å². The topological polar surface area (TPSA) is 84.9 Å². The van der Waals surface area contributed by atoms with Crippen molar-refractivity contribution in [2.75, 3.05) is 19.8 Å². The minimum Gasteiger partial charge on any atom is -0.481 e. The number of carbonyl (C=O) groups excluding carboxylic acids is 1. The number of hydrogen-bond acceptors (Lipinski definition) is 4. The summed E-state index contributed by atoms with van der Waals surface area (Å²) in [6.07, 6.45) is 0.709. The Kier molecular flexibility index (Phi) is 6.95. The van der Waals surface area contributed by atoms with Crippen LogP contribution in [0.2, 0.25) is 0 Å². The van der Waals surface area contributed by atoms with Crippen LogP contribution in [0.5, 0.6) is 0 Å². The van der Waals surface area contributed by atoms with Gasteiger partial charge in [0.25, 0.3) is 0 Å². The van der Waals surface area contributed by atoms with E-state index in [1.807, 2.05) is 20.8 Å². The predicted octanol–water partition coefficient (Wildman–Crippen LogP) is 1.25. The Morgan fingerprint density at radius 3 is 2.25 bits per heavy atom. The first-order chi connectivity index (χ1) is 9.49. The molecular formula is C14H25NO5. The standard InChI is InChI=1S/C14H25NO5/c1-4-19-12(20-5-2)8-15-13(16)10-6-9(3)7-11(10)14(17)18/h9-12H,4-8H2,1-3H3,(H,15,16)(H,17,18)/t9?,10-,11+/m0/s1. The normalized spacial score (nSPS) is 25.9. The molecule has 1 saturated carbocycles. The van der Waals surface area contributed by atoms with Gasteiger partial charge in [-0.1, -0.05) is 6.92 Å². The third kappa shape index (κ3) is 4.76. The van der Waals surface area contributed by atoms with Crippen LogP contribution in [-0.2, 0) is 19.1 Å². The highest BCUT2D eigenvalue weighted by molar-refractivity contribution is 5.85. The number of hydrogen-bond donors (Lipinski definition) is 2. The zero-order valence-electron chi connectivity index (χ0n) is 12.4. The second-order valence-corrected chi connectivity index (χ2v) is 5.21. The number of carbonyl (C=O) groups is 2. The van der Waals surface area contributed by atoms with Crippen LogP contribution in [-0.4, -0.2) is 43.0 Å². The molecule has 1 aliphatic carbocycles. The van der Waals surface area contributed by atoms with Crippen LogP contribution in [0, 0.1) is 17.8 Å². The Balaban J connectivity index is 2.50.